The van der Waals surface area contributed by atoms with Crippen LogP contribution in [0.4, 0.5) is 19.4 Å². The number of ether oxygens (including phenoxy) is 1. The van der Waals surface area contributed by atoms with E-state index in [0.29, 0.717) is 42.4 Å². The Kier molecular flexibility index (Phi) is 5.89. The maximum atomic E-state index is 15.3. The molecule has 180 valence electrons. The molecule has 35 heavy (non-hydrogen) atoms. The zero-order valence-corrected chi connectivity index (χ0v) is 18.5. The van der Waals surface area contributed by atoms with Crippen molar-refractivity contribution in [2.75, 3.05) is 5.73 Å². The first-order valence-electron chi connectivity index (χ1n) is 11.1. The highest BCUT2D eigenvalue weighted by Crippen LogP contribution is 2.37. The Bertz CT molecular complexity index is 1400. The van der Waals surface area contributed by atoms with E-state index in [9.17, 15) is 9.18 Å². The number of nitrogens with two attached hydrogens (primary N) is 1. The van der Waals surface area contributed by atoms with Crippen LogP contribution in [0.2, 0.25) is 0 Å². The highest BCUT2D eigenvalue weighted by molar-refractivity contribution is 5.98. The molecule has 0 unspecified atom stereocenters. The van der Waals surface area contributed by atoms with Gasteiger partial charge in [-0.25, -0.2) is 28.2 Å². The molecule has 4 aromatic rings. The minimum absolute atomic E-state index is 0.0500. The minimum atomic E-state index is -1.04. The molecule has 1 amide bonds. The van der Waals surface area contributed by atoms with Crippen molar-refractivity contribution >= 4 is 22.9 Å². The maximum Gasteiger partial charge on any atom is 0.404 e. The lowest BCUT2D eigenvalue weighted by atomic mass is 9.91. The van der Waals surface area contributed by atoms with Crippen molar-refractivity contribution in [1.29, 1.82) is 0 Å². The van der Waals surface area contributed by atoms with Crippen LogP contribution in [0.5, 0.6) is 11.5 Å². The Morgan fingerprint density at radius 2 is 1.86 bits per heavy atom. The summed E-state index contributed by atoms with van der Waals surface area (Å²) in [5, 5.41) is 16.6. The van der Waals surface area contributed by atoms with Crippen molar-refractivity contribution in [2.24, 2.45) is 0 Å². The molecular formula is C24H22F2N6O3. The van der Waals surface area contributed by atoms with Gasteiger partial charge in [0.1, 0.15) is 41.0 Å². The van der Waals surface area contributed by atoms with E-state index in [1.54, 1.807) is 16.8 Å². The summed E-state index contributed by atoms with van der Waals surface area (Å²) in [6.07, 6.45) is 2.94. The van der Waals surface area contributed by atoms with E-state index in [2.05, 4.69) is 20.4 Å². The van der Waals surface area contributed by atoms with Gasteiger partial charge >= 0.3 is 6.09 Å². The van der Waals surface area contributed by atoms with Crippen LogP contribution in [0.15, 0.2) is 48.8 Å². The van der Waals surface area contributed by atoms with Crippen LogP contribution in [0.3, 0.4) is 0 Å². The summed E-state index contributed by atoms with van der Waals surface area (Å²) in [5.74, 6) is -0.425. The largest absolute Gasteiger partial charge is 0.465 e. The lowest BCUT2D eigenvalue weighted by Gasteiger charge is -2.28. The number of nitrogens with one attached hydrogen (secondary N) is 1. The molecule has 2 aromatic carbocycles. The molecule has 2 heterocycles. The molecule has 0 radical (unpaired) electrons. The normalized spacial score (nSPS) is 17.9. The van der Waals surface area contributed by atoms with Crippen LogP contribution in [-0.4, -0.2) is 37.0 Å². The van der Waals surface area contributed by atoms with Crippen molar-refractivity contribution in [1.82, 2.24) is 25.1 Å². The van der Waals surface area contributed by atoms with Crippen molar-refractivity contribution in [3.8, 4) is 22.8 Å². The van der Waals surface area contributed by atoms with Gasteiger partial charge in [0.2, 0.25) is 0 Å². The average Bonchev–Trinajstić information content (AvgIpc) is 3.20. The van der Waals surface area contributed by atoms with E-state index >= 15 is 4.39 Å². The fourth-order valence-corrected chi connectivity index (χ4v) is 4.50. The highest BCUT2D eigenvalue weighted by Gasteiger charge is 2.28. The topological polar surface area (TPSA) is 128 Å². The molecule has 0 atom stereocenters. The monoisotopic (exact) mass is 480 g/mol. The lowest BCUT2D eigenvalue weighted by Crippen LogP contribution is -2.37. The second kappa shape index (κ2) is 9.16. The molecule has 2 aromatic heterocycles. The molecule has 0 aliphatic heterocycles. The van der Waals surface area contributed by atoms with E-state index in [4.69, 9.17) is 15.6 Å². The number of hydrogen-bond acceptors (Lipinski definition) is 6. The number of aromatic nitrogens is 4. The third-order valence-corrected chi connectivity index (χ3v) is 6.12. The highest BCUT2D eigenvalue weighted by atomic mass is 19.1. The van der Waals surface area contributed by atoms with Crippen LogP contribution in [0.1, 0.15) is 31.7 Å². The SMILES string of the molecule is Nc1ncnc2c1c(-c1ccc(Oc3cccc(F)c3)cc1F)nn2C1CCC(NC(=O)O)CC1. The Labute approximate surface area is 198 Å². The van der Waals surface area contributed by atoms with Crippen LogP contribution in [0.25, 0.3) is 22.3 Å². The quantitative estimate of drug-likeness (QED) is 0.371. The van der Waals surface area contributed by atoms with Gasteiger partial charge in [-0.15, -0.1) is 0 Å². The molecule has 1 saturated carbocycles. The van der Waals surface area contributed by atoms with Gasteiger partial charge in [0.25, 0.3) is 0 Å². The van der Waals surface area contributed by atoms with E-state index in [-0.39, 0.29) is 35.0 Å². The van der Waals surface area contributed by atoms with Crippen LogP contribution < -0.4 is 15.8 Å². The number of carbonyl (C=O) groups is 1. The predicted octanol–water partition coefficient (Wildman–Crippen LogP) is 4.90. The number of hydrogen-bond donors (Lipinski definition) is 3. The van der Waals surface area contributed by atoms with Crippen LogP contribution in [-0.2, 0) is 0 Å². The Balaban J connectivity index is 1.47. The van der Waals surface area contributed by atoms with Gasteiger partial charge in [-0.2, -0.15) is 5.10 Å². The van der Waals surface area contributed by atoms with Crippen molar-refractivity contribution < 1.29 is 23.4 Å². The Morgan fingerprint density at radius 1 is 1.09 bits per heavy atom. The Hall–Kier alpha value is -4.28. The molecule has 1 fully saturated rings. The van der Waals surface area contributed by atoms with Crippen molar-refractivity contribution in [3.05, 3.63) is 60.4 Å². The fraction of sp³-hybridized carbons (Fsp3) is 0.250. The van der Waals surface area contributed by atoms with Gasteiger partial charge in [0.05, 0.1) is 11.4 Å². The average molecular weight is 480 g/mol. The molecule has 4 N–H and O–H groups in total. The third-order valence-electron chi connectivity index (χ3n) is 6.12. The van der Waals surface area contributed by atoms with Crippen molar-refractivity contribution in [2.45, 2.75) is 37.8 Å². The summed E-state index contributed by atoms with van der Waals surface area (Å²) in [6, 6.07) is 9.70. The van der Waals surface area contributed by atoms with Crippen LogP contribution >= 0.6 is 0 Å². The molecule has 1 aliphatic carbocycles. The number of benzene rings is 2. The number of rotatable bonds is 5. The molecular weight excluding hydrogens is 458 g/mol. The van der Waals surface area contributed by atoms with Gasteiger partial charge in [-0.05, 0) is 49.9 Å². The third kappa shape index (κ3) is 4.57. The van der Waals surface area contributed by atoms with E-state index in [1.165, 1.54) is 36.7 Å². The molecule has 0 bridgehead atoms. The first-order chi connectivity index (χ1) is 16.9. The first kappa shape index (κ1) is 22.5. The second-order valence-electron chi connectivity index (χ2n) is 8.41. The number of carboxylic acid groups (broad SMARTS) is 1. The lowest BCUT2D eigenvalue weighted by molar-refractivity contribution is 0.182. The zero-order valence-electron chi connectivity index (χ0n) is 18.5. The molecule has 11 heteroatoms. The summed E-state index contributed by atoms with van der Waals surface area (Å²) >= 11 is 0. The summed E-state index contributed by atoms with van der Waals surface area (Å²) in [7, 11) is 0. The number of amides is 1. The van der Waals surface area contributed by atoms with E-state index in [1.807, 2.05) is 0 Å². The molecule has 0 spiro atoms. The predicted molar refractivity (Wildman–Crippen MR) is 124 cm³/mol. The molecule has 1 aliphatic rings. The second-order valence-corrected chi connectivity index (χ2v) is 8.41. The number of fused-ring (bicyclic) bond motifs is 1. The number of anilines is 1. The summed E-state index contributed by atoms with van der Waals surface area (Å²) in [6.45, 7) is 0. The molecule has 0 saturated heterocycles. The number of halogens is 2. The van der Waals surface area contributed by atoms with Crippen molar-refractivity contribution in [3.63, 3.8) is 0 Å². The summed E-state index contributed by atoms with van der Waals surface area (Å²) in [4.78, 5) is 19.4. The molecule has 9 nitrogen and oxygen atoms in total. The van der Waals surface area contributed by atoms with E-state index < -0.39 is 17.7 Å². The standard InChI is InChI=1S/C24H22F2N6O3/c25-13-2-1-3-16(10-13)35-17-8-9-18(19(26)11-17)21-20-22(27)28-12-29-23(20)32(31-21)15-6-4-14(5-7-15)30-24(33)34/h1-3,8-12,14-15,30H,4-7H2,(H,33,34)(H2,27,28,29). The van der Waals surface area contributed by atoms with Gasteiger partial charge in [-0.3, -0.25) is 0 Å². The van der Waals surface area contributed by atoms with Gasteiger partial charge < -0.3 is 20.9 Å². The number of nitrogens with zero attached hydrogens (tertiary/aromatic N) is 4. The van der Waals surface area contributed by atoms with Gasteiger partial charge in [-0.1, -0.05) is 6.07 Å². The smallest absolute Gasteiger partial charge is 0.404 e. The summed E-state index contributed by atoms with van der Waals surface area (Å²) < 4.78 is 36.0. The maximum absolute atomic E-state index is 15.3. The number of nitrogen functional groups attached to an aromatic ring is 1. The Morgan fingerprint density at radius 3 is 2.57 bits per heavy atom. The zero-order chi connectivity index (χ0) is 24.5. The molecule has 5 rings (SSSR count). The van der Waals surface area contributed by atoms with Crippen LogP contribution in [0, 0.1) is 11.6 Å². The summed E-state index contributed by atoms with van der Waals surface area (Å²) in [5.41, 5.74) is 7.14. The first-order valence-corrected chi connectivity index (χ1v) is 11.1. The van der Waals surface area contributed by atoms with E-state index in [0.717, 1.165) is 0 Å². The van der Waals surface area contributed by atoms with Gasteiger partial charge in [0.15, 0.2) is 5.65 Å². The van der Waals surface area contributed by atoms with Gasteiger partial charge in [0, 0.05) is 23.7 Å². The minimum Gasteiger partial charge on any atom is -0.465 e. The fourth-order valence-electron chi connectivity index (χ4n) is 4.50.